The molecule has 0 fully saturated rings. The van der Waals surface area contributed by atoms with Gasteiger partial charge in [0.2, 0.25) is 0 Å². The van der Waals surface area contributed by atoms with E-state index in [1.165, 1.54) is 11.3 Å². The number of aromatic amines is 1. The highest BCUT2D eigenvalue weighted by Gasteiger charge is 2.09. The molecule has 86 valence electrons. The number of H-pyrrole nitrogens is 1. The van der Waals surface area contributed by atoms with Crippen LogP contribution >= 0.6 is 11.3 Å². The lowest BCUT2D eigenvalue weighted by Gasteiger charge is -2.01. The van der Waals surface area contributed by atoms with E-state index in [2.05, 4.69) is 4.98 Å². The first-order valence-electron chi connectivity index (χ1n) is 5.12. The van der Waals surface area contributed by atoms with Gasteiger partial charge in [0.1, 0.15) is 10.8 Å². The predicted molar refractivity (Wildman–Crippen MR) is 68.3 cm³/mol. The zero-order valence-electron chi connectivity index (χ0n) is 9.14. The van der Waals surface area contributed by atoms with Crippen LogP contribution in [0.5, 0.6) is 5.75 Å². The van der Waals surface area contributed by atoms with Gasteiger partial charge in [0.25, 0.3) is 0 Å². The van der Waals surface area contributed by atoms with E-state index in [1.54, 1.807) is 11.7 Å². The quantitative estimate of drug-likeness (QED) is 0.754. The van der Waals surface area contributed by atoms with E-state index < -0.39 is 0 Å². The van der Waals surface area contributed by atoms with Crippen molar-refractivity contribution < 1.29 is 4.74 Å². The summed E-state index contributed by atoms with van der Waals surface area (Å²) in [6.45, 7) is 0. The molecule has 0 spiro atoms. The predicted octanol–water partition coefficient (Wildman–Crippen LogP) is 2.39. The third-order valence-corrected chi connectivity index (χ3v) is 3.47. The molecule has 1 aromatic carbocycles. The first-order chi connectivity index (χ1) is 8.29. The van der Waals surface area contributed by atoms with E-state index >= 15 is 0 Å². The molecule has 0 aliphatic carbocycles. The molecule has 17 heavy (non-hydrogen) atoms. The number of aromatic nitrogens is 2. The molecule has 2 heterocycles. The Labute approximate surface area is 101 Å². The third kappa shape index (κ3) is 1.55. The van der Waals surface area contributed by atoms with Crippen molar-refractivity contribution in [2.45, 2.75) is 0 Å². The van der Waals surface area contributed by atoms with E-state index in [0.29, 0.717) is 0 Å². The summed E-state index contributed by atoms with van der Waals surface area (Å²) < 4.78 is 6.83. The maximum Gasteiger partial charge on any atom is 0.331 e. The summed E-state index contributed by atoms with van der Waals surface area (Å²) in [5.74, 6) is 0.738. The Morgan fingerprint density at radius 3 is 2.94 bits per heavy atom. The van der Waals surface area contributed by atoms with E-state index in [1.807, 2.05) is 35.7 Å². The van der Waals surface area contributed by atoms with Gasteiger partial charge in [-0.05, 0) is 29.6 Å². The van der Waals surface area contributed by atoms with Gasteiger partial charge in [0.05, 0.1) is 18.1 Å². The van der Waals surface area contributed by atoms with Gasteiger partial charge in [-0.2, -0.15) is 0 Å². The molecular formula is C12H10N2O2S. The molecule has 3 aromatic rings. The molecule has 0 unspecified atom stereocenters. The van der Waals surface area contributed by atoms with E-state index in [-0.39, 0.29) is 5.69 Å². The van der Waals surface area contributed by atoms with Gasteiger partial charge in [-0.1, -0.05) is 0 Å². The van der Waals surface area contributed by atoms with Crippen molar-refractivity contribution in [1.82, 2.24) is 9.55 Å². The summed E-state index contributed by atoms with van der Waals surface area (Å²) in [6, 6.07) is 9.37. The Balaban J connectivity index is 2.36. The van der Waals surface area contributed by atoms with Crippen molar-refractivity contribution >= 4 is 22.4 Å². The van der Waals surface area contributed by atoms with Crippen LogP contribution in [0.1, 0.15) is 0 Å². The van der Waals surface area contributed by atoms with Crippen LogP contribution in [0, 0.1) is 0 Å². The fraction of sp³-hybridized carbons (Fsp3) is 0.0833. The average Bonchev–Trinajstić information content (AvgIpc) is 2.93. The van der Waals surface area contributed by atoms with Crippen molar-refractivity contribution in [2.24, 2.45) is 0 Å². The molecular weight excluding hydrogens is 236 g/mol. The summed E-state index contributed by atoms with van der Waals surface area (Å²) in [6.07, 6.45) is 0. The Morgan fingerprint density at radius 1 is 1.35 bits per heavy atom. The van der Waals surface area contributed by atoms with Gasteiger partial charge in [0.15, 0.2) is 0 Å². The first kappa shape index (κ1) is 10.2. The Bertz CT molecular complexity index is 710. The largest absolute Gasteiger partial charge is 0.497 e. The molecule has 0 amide bonds. The number of nitrogens with zero attached hydrogens (tertiary/aromatic N) is 1. The minimum absolute atomic E-state index is 0.129. The highest BCUT2D eigenvalue weighted by atomic mass is 32.1. The number of imidazole rings is 1. The summed E-state index contributed by atoms with van der Waals surface area (Å²) in [7, 11) is 1.61. The van der Waals surface area contributed by atoms with Crippen LogP contribution in [0.15, 0.2) is 40.5 Å². The summed E-state index contributed by atoms with van der Waals surface area (Å²) >= 11 is 1.53. The van der Waals surface area contributed by atoms with Gasteiger partial charge in [-0.3, -0.25) is 4.57 Å². The number of hydrogen-bond acceptors (Lipinski definition) is 3. The second-order valence-electron chi connectivity index (χ2n) is 3.60. The molecule has 0 saturated carbocycles. The van der Waals surface area contributed by atoms with Gasteiger partial charge in [-0.15, -0.1) is 11.3 Å². The van der Waals surface area contributed by atoms with Crippen molar-refractivity contribution in [1.29, 1.82) is 0 Å². The van der Waals surface area contributed by atoms with Crippen LogP contribution in [0.3, 0.4) is 0 Å². The number of ether oxygens (including phenoxy) is 1. The maximum atomic E-state index is 11.9. The van der Waals surface area contributed by atoms with Crippen LogP contribution in [0.4, 0.5) is 0 Å². The monoisotopic (exact) mass is 246 g/mol. The maximum absolute atomic E-state index is 11.9. The second-order valence-corrected chi connectivity index (χ2v) is 4.53. The summed E-state index contributed by atoms with van der Waals surface area (Å²) in [5, 5.41) is 2.84. The van der Waals surface area contributed by atoms with Crippen molar-refractivity contribution in [2.75, 3.05) is 7.11 Å². The van der Waals surface area contributed by atoms with Crippen molar-refractivity contribution in [3.05, 3.63) is 46.2 Å². The van der Waals surface area contributed by atoms with Crippen molar-refractivity contribution in [3.8, 4) is 10.8 Å². The molecule has 0 aliphatic heterocycles. The van der Waals surface area contributed by atoms with Crippen LogP contribution < -0.4 is 10.4 Å². The number of rotatable bonds is 2. The Morgan fingerprint density at radius 2 is 2.24 bits per heavy atom. The lowest BCUT2D eigenvalue weighted by Crippen LogP contribution is -2.13. The molecule has 1 N–H and O–H groups in total. The number of benzene rings is 1. The molecule has 0 atom stereocenters. The minimum Gasteiger partial charge on any atom is -0.497 e. The molecule has 0 bridgehead atoms. The van der Waals surface area contributed by atoms with Crippen LogP contribution in [0.25, 0.3) is 16.0 Å². The number of methoxy groups -OCH3 is 1. The molecule has 0 radical (unpaired) electrons. The standard InChI is InChI=1S/C12H10N2O2S/c1-16-8-4-5-9-10(7-8)14(12(15)13-9)11-3-2-6-17-11/h2-7H,1H3,(H,13,15). The third-order valence-electron chi connectivity index (χ3n) is 2.62. The van der Waals surface area contributed by atoms with E-state index in [0.717, 1.165) is 21.8 Å². The number of fused-ring (bicyclic) bond motifs is 1. The Hall–Kier alpha value is -2.01. The van der Waals surface area contributed by atoms with Crippen LogP contribution in [-0.2, 0) is 0 Å². The topological polar surface area (TPSA) is 47.0 Å². The van der Waals surface area contributed by atoms with Gasteiger partial charge >= 0.3 is 5.69 Å². The molecule has 2 aromatic heterocycles. The number of thiophene rings is 1. The SMILES string of the molecule is COc1ccc2[nH]c(=O)n(-c3cccs3)c2c1. The van der Waals surface area contributed by atoms with Gasteiger partial charge in [0, 0.05) is 6.07 Å². The smallest absolute Gasteiger partial charge is 0.331 e. The van der Waals surface area contributed by atoms with E-state index in [9.17, 15) is 4.79 Å². The van der Waals surface area contributed by atoms with Gasteiger partial charge < -0.3 is 9.72 Å². The normalized spacial score (nSPS) is 10.9. The highest BCUT2D eigenvalue weighted by molar-refractivity contribution is 7.12. The molecule has 3 rings (SSSR count). The lowest BCUT2D eigenvalue weighted by molar-refractivity contribution is 0.415. The molecule has 0 aliphatic rings. The zero-order chi connectivity index (χ0) is 11.8. The minimum atomic E-state index is -0.129. The fourth-order valence-electron chi connectivity index (χ4n) is 1.83. The fourth-order valence-corrected chi connectivity index (χ4v) is 2.57. The van der Waals surface area contributed by atoms with Gasteiger partial charge in [-0.25, -0.2) is 4.79 Å². The first-order valence-corrected chi connectivity index (χ1v) is 6.00. The molecule has 0 saturated heterocycles. The van der Waals surface area contributed by atoms with Crippen LogP contribution in [0.2, 0.25) is 0 Å². The number of nitrogens with one attached hydrogen (secondary N) is 1. The average molecular weight is 246 g/mol. The summed E-state index contributed by atoms with van der Waals surface area (Å²) in [5.41, 5.74) is 1.51. The second kappa shape index (κ2) is 3.78. The molecule has 5 heteroatoms. The zero-order valence-corrected chi connectivity index (χ0v) is 9.95. The molecule has 4 nitrogen and oxygen atoms in total. The van der Waals surface area contributed by atoms with Crippen molar-refractivity contribution in [3.63, 3.8) is 0 Å². The van der Waals surface area contributed by atoms with Crippen LogP contribution in [-0.4, -0.2) is 16.7 Å². The summed E-state index contributed by atoms with van der Waals surface area (Å²) in [4.78, 5) is 14.7. The van der Waals surface area contributed by atoms with E-state index in [4.69, 9.17) is 4.74 Å². The highest BCUT2D eigenvalue weighted by Crippen LogP contribution is 2.22. The lowest BCUT2D eigenvalue weighted by atomic mass is 10.3. The Kier molecular flexibility index (Phi) is 2.26. The number of hydrogen-bond donors (Lipinski definition) is 1.